The number of benzene rings is 7. The Balaban J connectivity index is 1.22. The summed E-state index contributed by atoms with van der Waals surface area (Å²) in [5, 5.41) is 4.87. The molecular weight excluding hydrogens is 620 g/mol. The van der Waals surface area contributed by atoms with Gasteiger partial charge >= 0.3 is 0 Å². The summed E-state index contributed by atoms with van der Waals surface area (Å²) in [6.07, 6.45) is 0. The predicted octanol–water partition coefficient (Wildman–Crippen LogP) is 13.1. The number of anilines is 3. The van der Waals surface area contributed by atoms with E-state index in [1.54, 1.807) is 0 Å². The van der Waals surface area contributed by atoms with Crippen LogP contribution in [0, 0.1) is 5.82 Å². The van der Waals surface area contributed by atoms with E-state index in [4.69, 9.17) is 0 Å². The Kier molecular flexibility index (Phi) is 6.01. The zero-order valence-corrected chi connectivity index (χ0v) is 27.9. The molecule has 9 aromatic rings. The monoisotopic (exact) mass is 650 g/mol. The number of thiophene rings is 1. The minimum atomic E-state index is -0.238. The van der Waals surface area contributed by atoms with Crippen molar-refractivity contribution in [2.45, 2.75) is 19.3 Å². The first-order chi connectivity index (χ1) is 24.0. The molecule has 0 bridgehead atoms. The molecule has 0 atom stereocenters. The highest BCUT2D eigenvalue weighted by Gasteiger charge is 2.35. The van der Waals surface area contributed by atoms with E-state index in [-0.39, 0.29) is 11.2 Å². The molecular formula is C45H31FN2S. The molecule has 0 fully saturated rings. The third-order valence-electron chi connectivity index (χ3n) is 10.4. The van der Waals surface area contributed by atoms with Gasteiger partial charge in [-0.15, -0.1) is 11.3 Å². The van der Waals surface area contributed by atoms with Gasteiger partial charge in [0.1, 0.15) is 5.82 Å². The number of para-hydroxylation sites is 1. The zero-order chi connectivity index (χ0) is 32.9. The number of hydrogen-bond donors (Lipinski definition) is 0. The molecule has 1 aliphatic rings. The van der Waals surface area contributed by atoms with E-state index in [0.29, 0.717) is 0 Å². The smallest absolute Gasteiger partial charge is 0.123 e. The Morgan fingerprint density at radius 3 is 1.98 bits per heavy atom. The average molecular weight is 651 g/mol. The molecule has 0 saturated carbocycles. The summed E-state index contributed by atoms with van der Waals surface area (Å²) in [7, 11) is 0. The molecule has 2 nitrogen and oxygen atoms in total. The van der Waals surface area contributed by atoms with Crippen LogP contribution in [-0.4, -0.2) is 4.57 Å². The lowest BCUT2D eigenvalue weighted by molar-refractivity contribution is 0.627. The van der Waals surface area contributed by atoms with Gasteiger partial charge in [-0.3, -0.25) is 0 Å². The first-order valence-electron chi connectivity index (χ1n) is 16.7. The van der Waals surface area contributed by atoms with Gasteiger partial charge in [0.15, 0.2) is 0 Å². The zero-order valence-electron chi connectivity index (χ0n) is 27.1. The standard InChI is InChI=1S/C45H31FN2S/c1-45(2)39-12-6-3-9-33(39)34-22-19-32(27-40(34)45)47(31-21-24-44-38(26-31)36-11-5-8-14-43(36)49-44)30-20-23-42-37(25-30)35-10-4-7-13-41(35)48(42)29-17-15-28(46)16-18-29/h3-27H,1-2H3. The largest absolute Gasteiger partial charge is 0.310 e. The van der Waals surface area contributed by atoms with Crippen LogP contribution in [0.15, 0.2) is 152 Å². The molecule has 49 heavy (non-hydrogen) atoms. The van der Waals surface area contributed by atoms with E-state index in [1.165, 1.54) is 54.6 Å². The van der Waals surface area contributed by atoms with Gasteiger partial charge in [0.25, 0.3) is 0 Å². The fourth-order valence-electron chi connectivity index (χ4n) is 8.10. The molecule has 2 heterocycles. The highest BCUT2D eigenvalue weighted by Crippen LogP contribution is 2.51. The van der Waals surface area contributed by atoms with Gasteiger partial charge in [-0.2, -0.15) is 0 Å². The van der Waals surface area contributed by atoms with Crippen LogP contribution in [0.3, 0.4) is 0 Å². The van der Waals surface area contributed by atoms with Crippen LogP contribution in [-0.2, 0) is 5.41 Å². The summed E-state index contributed by atoms with van der Waals surface area (Å²) in [6.45, 7) is 4.68. The second-order valence-corrected chi connectivity index (χ2v) is 14.6. The first-order valence-corrected chi connectivity index (χ1v) is 17.5. The Hall–Kier alpha value is -5.71. The summed E-state index contributed by atoms with van der Waals surface area (Å²) in [5.74, 6) is -0.238. The maximum Gasteiger partial charge on any atom is 0.123 e. The molecule has 0 saturated heterocycles. The Morgan fingerprint density at radius 1 is 0.510 bits per heavy atom. The maximum atomic E-state index is 14.0. The SMILES string of the molecule is CC1(C)c2ccccc2-c2ccc(N(c3ccc4sc5ccccc5c4c3)c3ccc4c(c3)c3ccccc3n4-c3ccc(F)cc3)cc21. The van der Waals surface area contributed by atoms with Crippen molar-refractivity contribution >= 4 is 70.4 Å². The number of hydrogen-bond acceptors (Lipinski definition) is 2. The van der Waals surface area contributed by atoms with Crippen molar-refractivity contribution in [3.63, 3.8) is 0 Å². The second kappa shape index (κ2) is 10.4. The third-order valence-corrected chi connectivity index (χ3v) is 11.6. The first kappa shape index (κ1) is 28.3. The van der Waals surface area contributed by atoms with Gasteiger partial charge in [-0.25, -0.2) is 4.39 Å². The molecule has 0 aliphatic heterocycles. The lowest BCUT2D eigenvalue weighted by Crippen LogP contribution is -2.16. The minimum Gasteiger partial charge on any atom is -0.310 e. The Morgan fingerprint density at radius 2 is 1.12 bits per heavy atom. The van der Waals surface area contributed by atoms with Crippen molar-refractivity contribution in [1.82, 2.24) is 4.57 Å². The summed E-state index contributed by atoms with van der Waals surface area (Å²) in [5.41, 5.74) is 11.7. The number of aromatic nitrogens is 1. The van der Waals surface area contributed by atoms with Crippen molar-refractivity contribution in [1.29, 1.82) is 0 Å². The number of nitrogens with zero attached hydrogens (tertiary/aromatic N) is 2. The van der Waals surface area contributed by atoms with Crippen molar-refractivity contribution in [3.05, 3.63) is 169 Å². The fourth-order valence-corrected chi connectivity index (χ4v) is 9.19. The van der Waals surface area contributed by atoms with E-state index in [9.17, 15) is 4.39 Å². The summed E-state index contributed by atoms with van der Waals surface area (Å²) in [6, 6.07) is 53.4. The van der Waals surface area contributed by atoms with E-state index in [1.807, 2.05) is 23.5 Å². The van der Waals surface area contributed by atoms with E-state index < -0.39 is 0 Å². The molecule has 0 radical (unpaired) electrons. The van der Waals surface area contributed by atoms with Gasteiger partial charge in [-0.05, 0) is 107 Å². The van der Waals surface area contributed by atoms with Crippen molar-refractivity contribution < 1.29 is 4.39 Å². The van der Waals surface area contributed by atoms with Gasteiger partial charge in [0.05, 0.1) is 11.0 Å². The van der Waals surface area contributed by atoms with Crippen LogP contribution in [0.25, 0.3) is 58.8 Å². The summed E-state index contributed by atoms with van der Waals surface area (Å²) >= 11 is 1.84. The molecule has 0 N–H and O–H groups in total. The molecule has 1 aliphatic carbocycles. The van der Waals surface area contributed by atoms with Crippen LogP contribution in [0.2, 0.25) is 0 Å². The van der Waals surface area contributed by atoms with E-state index in [0.717, 1.165) is 44.6 Å². The van der Waals surface area contributed by atoms with E-state index >= 15 is 0 Å². The van der Waals surface area contributed by atoms with Crippen molar-refractivity contribution in [3.8, 4) is 16.8 Å². The van der Waals surface area contributed by atoms with Crippen molar-refractivity contribution in [2.24, 2.45) is 0 Å². The van der Waals surface area contributed by atoms with Gasteiger partial charge in [0.2, 0.25) is 0 Å². The summed E-state index contributed by atoms with van der Waals surface area (Å²) in [4.78, 5) is 2.41. The van der Waals surface area contributed by atoms with E-state index in [2.05, 4.69) is 151 Å². The second-order valence-electron chi connectivity index (χ2n) is 13.5. The molecule has 10 rings (SSSR count). The van der Waals surface area contributed by atoms with Crippen LogP contribution in [0.4, 0.5) is 21.5 Å². The Bertz CT molecular complexity index is 2770. The van der Waals surface area contributed by atoms with Gasteiger partial charge < -0.3 is 9.47 Å². The van der Waals surface area contributed by atoms with Gasteiger partial charge in [-0.1, -0.05) is 80.6 Å². The molecule has 4 heteroatoms. The molecule has 0 spiro atoms. The quantitative estimate of drug-likeness (QED) is 0.184. The number of fused-ring (bicyclic) bond motifs is 9. The number of rotatable bonds is 4. The minimum absolute atomic E-state index is 0.117. The third kappa shape index (κ3) is 4.17. The molecule has 2 aromatic heterocycles. The number of halogens is 1. The molecule has 234 valence electrons. The molecule has 7 aromatic carbocycles. The highest BCUT2D eigenvalue weighted by molar-refractivity contribution is 7.25. The lowest BCUT2D eigenvalue weighted by atomic mass is 9.82. The Labute approximate surface area is 287 Å². The van der Waals surface area contributed by atoms with Crippen LogP contribution in [0.5, 0.6) is 0 Å². The molecule has 0 unspecified atom stereocenters. The van der Waals surface area contributed by atoms with Crippen molar-refractivity contribution in [2.75, 3.05) is 4.90 Å². The van der Waals surface area contributed by atoms with Gasteiger partial charge in [0, 0.05) is 59.1 Å². The molecule has 0 amide bonds. The topological polar surface area (TPSA) is 8.17 Å². The maximum absolute atomic E-state index is 14.0. The average Bonchev–Trinajstić information content (AvgIpc) is 3.74. The van der Waals surface area contributed by atoms with Crippen LogP contribution in [0.1, 0.15) is 25.0 Å². The predicted molar refractivity (Wildman–Crippen MR) is 206 cm³/mol. The summed E-state index contributed by atoms with van der Waals surface area (Å²) < 4.78 is 18.8. The van der Waals surface area contributed by atoms with Crippen LogP contribution >= 0.6 is 11.3 Å². The normalized spacial score (nSPS) is 13.4. The lowest BCUT2D eigenvalue weighted by Gasteiger charge is -2.28. The fraction of sp³-hybridized carbons (Fsp3) is 0.0667. The highest BCUT2D eigenvalue weighted by atomic mass is 32.1. The van der Waals surface area contributed by atoms with Crippen LogP contribution < -0.4 is 4.90 Å².